The third-order valence-electron chi connectivity index (χ3n) is 7.46. The minimum Gasteiger partial charge on any atom is -0.459 e. The molecule has 39 heavy (non-hydrogen) atoms. The summed E-state index contributed by atoms with van der Waals surface area (Å²) in [4.78, 5) is 33.5. The lowest BCUT2D eigenvalue weighted by atomic mass is 10.00. The number of pyridine rings is 1. The molecule has 1 atom stereocenters. The number of hydrogen-bond acceptors (Lipinski definition) is 7. The van der Waals surface area contributed by atoms with Crippen LogP contribution < -0.4 is 5.56 Å². The van der Waals surface area contributed by atoms with Crippen LogP contribution in [0.1, 0.15) is 44.7 Å². The summed E-state index contributed by atoms with van der Waals surface area (Å²) in [5.74, 6) is 0.765. The smallest absolute Gasteiger partial charge is 0.289 e. The molecule has 10 heteroatoms. The van der Waals surface area contributed by atoms with Gasteiger partial charge in [0.1, 0.15) is 6.04 Å². The number of benzene rings is 2. The summed E-state index contributed by atoms with van der Waals surface area (Å²) in [5.41, 5.74) is 4.50. The molecule has 0 radical (unpaired) electrons. The van der Waals surface area contributed by atoms with Crippen LogP contribution in [0.2, 0.25) is 0 Å². The van der Waals surface area contributed by atoms with Crippen molar-refractivity contribution >= 4 is 16.8 Å². The molecule has 2 aromatic carbocycles. The van der Waals surface area contributed by atoms with Gasteiger partial charge in [0, 0.05) is 37.3 Å². The van der Waals surface area contributed by atoms with Gasteiger partial charge in [0.2, 0.25) is 0 Å². The predicted octanol–water partition coefficient (Wildman–Crippen LogP) is 3.32. The number of aromatic nitrogens is 5. The lowest BCUT2D eigenvalue weighted by Gasteiger charge is -2.38. The molecular weight excluding hydrogens is 494 g/mol. The van der Waals surface area contributed by atoms with Crippen molar-refractivity contribution in [1.29, 1.82) is 0 Å². The largest absolute Gasteiger partial charge is 0.459 e. The third kappa shape index (κ3) is 4.86. The monoisotopic (exact) mass is 523 g/mol. The molecule has 0 bridgehead atoms. The maximum absolute atomic E-state index is 13.6. The first-order valence-corrected chi connectivity index (χ1v) is 13.0. The Balaban J connectivity index is 1.38. The Bertz CT molecular complexity index is 1670. The lowest BCUT2D eigenvalue weighted by Crippen LogP contribution is -2.50. The van der Waals surface area contributed by atoms with Crippen LogP contribution in [-0.2, 0) is 6.54 Å². The first kappa shape index (κ1) is 24.7. The summed E-state index contributed by atoms with van der Waals surface area (Å²) in [6.07, 6.45) is 1.50. The van der Waals surface area contributed by atoms with Crippen LogP contribution in [0.25, 0.3) is 10.9 Å². The fraction of sp³-hybridized carbons (Fsp3) is 0.276. The van der Waals surface area contributed by atoms with E-state index in [1.165, 1.54) is 6.26 Å². The molecule has 0 saturated carbocycles. The Hall–Kier alpha value is -4.57. The van der Waals surface area contributed by atoms with Gasteiger partial charge in [-0.1, -0.05) is 30.3 Å². The van der Waals surface area contributed by atoms with E-state index in [9.17, 15) is 9.59 Å². The second-order valence-corrected chi connectivity index (χ2v) is 9.97. The number of rotatable bonds is 6. The minimum atomic E-state index is -0.501. The Morgan fingerprint density at radius 2 is 1.77 bits per heavy atom. The van der Waals surface area contributed by atoms with E-state index in [1.807, 2.05) is 49.4 Å². The zero-order valence-electron chi connectivity index (χ0n) is 21.9. The maximum atomic E-state index is 13.6. The van der Waals surface area contributed by atoms with Gasteiger partial charge in [-0.3, -0.25) is 14.5 Å². The number of carbonyl (C=O) groups is 1. The summed E-state index contributed by atoms with van der Waals surface area (Å²) in [5, 5.41) is 13.7. The summed E-state index contributed by atoms with van der Waals surface area (Å²) in [7, 11) is 0. The molecule has 10 nitrogen and oxygen atoms in total. The molecule has 4 heterocycles. The number of nitrogens with zero attached hydrogens (tertiary/aromatic N) is 6. The number of fused-ring (bicyclic) bond motifs is 1. The maximum Gasteiger partial charge on any atom is 0.289 e. The van der Waals surface area contributed by atoms with E-state index in [4.69, 9.17) is 4.42 Å². The number of nitrogens with one attached hydrogen (secondary N) is 1. The van der Waals surface area contributed by atoms with E-state index in [1.54, 1.807) is 21.7 Å². The Morgan fingerprint density at radius 1 is 1.00 bits per heavy atom. The highest BCUT2D eigenvalue weighted by Crippen LogP contribution is 2.29. The summed E-state index contributed by atoms with van der Waals surface area (Å²) in [6, 6.07) is 18.9. The van der Waals surface area contributed by atoms with Crippen LogP contribution in [0.3, 0.4) is 0 Å². The highest BCUT2D eigenvalue weighted by atomic mass is 16.3. The number of aromatic amines is 1. The standard InChI is InChI=1S/C29H29N7O3/c1-19-15-22-17-23(28(37)30-24(22)16-20(19)2)26(27-31-32-33-36(27)18-21-7-4-3-5-8-21)34-10-12-35(13-11-34)29(38)25-9-6-14-39-25/h3-9,14-17,26H,10-13,18H2,1-2H3,(H,30,37)/t26-/m1/s1. The van der Waals surface area contributed by atoms with Gasteiger partial charge in [0.15, 0.2) is 11.6 Å². The van der Waals surface area contributed by atoms with Crippen LogP contribution in [-0.4, -0.2) is 67.1 Å². The highest BCUT2D eigenvalue weighted by Gasteiger charge is 2.34. The van der Waals surface area contributed by atoms with Gasteiger partial charge >= 0.3 is 0 Å². The lowest BCUT2D eigenvalue weighted by molar-refractivity contribution is 0.0558. The molecule has 1 aliphatic heterocycles. The number of furan rings is 1. The molecule has 1 N–H and O–H groups in total. The van der Waals surface area contributed by atoms with Crippen molar-refractivity contribution in [3.05, 3.63) is 111 Å². The SMILES string of the molecule is Cc1cc2cc([C@H](c3nnnn3Cc3ccccc3)N3CCN(C(=O)c4ccco4)CC3)c(=O)[nH]c2cc1C. The Labute approximate surface area is 224 Å². The summed E-state index contributed by atoms with van der Waals surface area (Å²) >= 11 is 0. The number of carbonyl (C=O) groups excluding carboxylic acids is 1. The van der Waals surface area contributed by atoms with Crippen molar-refractivity contribution in [1.82, 2.24) is 35.0 Å². The Morgan fingerprint density at radius 3 is 2.51 bits per heavy atom. The molecule has 0 unspecified atom stereocenters. The van der Waals surface area contributed by atoms with Crippen molar-refractivity contribution in [3.8, 4) is 0 Å². The molecular formula is C29H29N7O3. The molecule has 5 aromatic rings. The van der Waals surface area contributed by atoms with Gasteiger partial charge < -0.3 is 14.3 Å². The molecule has 1 amide bonds. The summed E-state index contributed by atoms with van der Waals surface area (Å²) in [6.45, 7) is 6.62. The Kier molecular flexibility index (Phi) is 6.54. The normalized spacial score (nSPS) is 15.1. The number of H-pyrrole nitrogens is 1. The number of hydrogen-bond donors (Lipinski definition) is 1. The van der Waals surface area contributed by atoms with Crippen LogP contribution in [0.4, 0.5) is 0 Å². The van der Waals surface area contributed by atoms with Crippen LogP contribution in [0, 0.1) is 13.8 Å². The van der Waals surface area contributed by atoms with Crippen molar-refractivity contribution < 1.29 is 9.21 Å². The van der Waals surface area contributed by atoms with E-state index < -0.39 is 6.04 Å². The van der Waals surface area contributed by atoms with Gasteiger partial charge in [0.05, 0.1) is 12.8 Å². The van der Waals surface area contributed by atoms with Crippen LogP contribution >= 0.6 is 0 Å². The molecule has 1 fully saturated rings. The van der Waals surface area contributed by atoms with Gasteiger partial charge in [-0.25, -0.2) is 4.68 Å². The van der Waals surface area contributed by atoms with Gasteiger partial charge in [0.25, 0.3) is 11.5 Å². The number of amides is 1. The fourth-order valence-electron chi connectivity index (χ4n) is 5.21. The predicted molar refractivity (Wildman–Crippen MR) is 145 cm³/mol. The van der Waals surface area contributed by atoms with Crippen molar-refractivity contribution in [3.63, 3.8) is 0 Å². The fourth-order valence-corrected chi connectivity index (χ4v) is 5.21. The van der Waals surface area contributed by atoms with Crippen molar-refractivity contribution in [2.45, 2.75) is 26.4 Å². The number of piperazine rings is 1. The van der Waals surface area contributed by atoms with E-state index in [0.717, 1.165) is 27.6 Å². The molecule has 198 valence electrons. The summed E-state index contributed by atoms with van der Waals surface area (Å²) < 4.78 is 7.07. The molecule has 0 aliphatic carbocycles. The molecule has 3 aromatic heterocycles. The van der Waals surface area contributed by atoms with Crippen LogP contribution in [0.15, 0.2) is 76.1 Å². The van der Waals surface area contributed by atoms with E-state index in [2.05, 4.69) is 38.4 Å². The van der Waals surface area contributed by atoms with E-state index in [0.29, 0.717) is 49.9 Å². The van der Waals surface area contributed by atoms with Gasteiger partial charge in [-0.05, 0) is 76.7 Å². The first-order valence-electron chi connectivity index (χ1n) is 13.0. The van der Waals surface area contributed by atoms with E-state index >= 15 is 0 Å². The number of aryl methyl sites for hydroxylation is 2. The second-order valence-electron chi connectivity index (χ2n) is 9.97. The molecule has 1 aliphatic rings. The molecule has 6 rings (SSSR count). The average Bonchev–Trinajstić information content (AvgIpc) is 3.64. The second kappa shape index (κ2) is 10.3. The van der Waals surface area contributed by atoms with Gasteiger partial charge in [-0.2, -0.15) is 0 Å². The zero-order valence-corrected chi connectivity index (χ0v) is 21.9. The zero-order chi connectivity index (χ0) is 26.9. The molecule has 1 saturated heterocycles. The average molecular weight is 524 g/mol. The van der Waals surface area contributed by atoms with E-state index in [-0.39, 0.29) is 11.5 Å². The number of tetrazole rings is 1. The third-order valence-corrected chi connectivity index (χ3v) is 7.46. The highest BCUT2D eigenvalue weighted by molar-refractivity contribution is 5.91. The topological polar surface area (TPSA) is 113 Å². The quantitative estimate of drug-likeness (QED) is 0.363. The van der Waals surface area contributed by atoms with Gasteiger partial charge in [-0.15, -0.1) is 5.10 Å². The van der Waals surface area contributed by atoms with Crippen molar-refractivity contribution in [2.75, 3.05) is 26.2 Å². The van der Waals surface area contributed by atoms with Crippen LogP contribution in [0.5, 0.6) is 0 Å². The molecule has 0 spiro atoms. The van der Waals surface area contributed by atoms with Crippen molar-refractivity contribution in [2.24, 2.45) is 0 Å². The first-order chi connectivity index (χ1) is 19.0. The minimum absolute atomic E-state index is 0.139.